The highest BCUT2D eigenvalue weighted by molar-refractivity contribution is 5.85. The molecule has 0 radical (unpaired) electrons. The van der Waals surface area contributed by atoms with Crippen molar-refractivity contribution in [3.63, 3.8) is 0 Å². The van der Waals surface area contributed by atoms with Crippen molar-refractivity contribution < 1.29 is 14.6 Å². The predicted octanol–water partition coefficient (Wildman–Crippen LogP) is 2.50. The summed E-state index contributed by atoms with van der Waals surface area (Å²) < 4.78 is 0. The van der Waals surface area contributed by atoms with E-state index in [0.717, 1.165) is 0 Å². The molecule has 1 amide bonds. The zero-order valence-electron chi connectivity index (χ0n) is 13.2. The molecule has 0 unspecified atom stereocenters. The first-order valence-electron chi connectivity index (χ1n) is 7.17. The number of rotatable bonds is 6. The molecule has 9 heteroatoms. The summed E-state index contributed by atoms with van der Waals surface area (Å²) in [6.07, 6.45) is 1.33. The Bertz CT molecular complexity index is 846. The number of carbonyl (C=O) groups is 1. The Morgan fingerprint density at radius 1 is 1.12 bits per heavy atom. The third-order valence-corrected chi connectivity index (χ3v) is 3.45. The summed E-state index contributed by atoms with van der Waals surface area (Å²) in [6.45, 7) is 1.60. The number of hydrogen-bond donors (Lipinski definition) is 1. The summed E-state index contributed by atoms with van der Waals surface area (Å²) in [4.78, 5) is 32.3. The molecular formula is C16H14N4O5. The van der Waals surface area contributed by atoms with Gasteiger partial charge in [-0.2, -0.15) is 5.10 Å². The fourth-order valence-electron chi connectivity index (χ4n) is 2.11. The van der Waals surface area contributed by atoms with E-state index in [4.69, 9.17) is 0 Å². The van der Waals surface area contributed by atoms with Crippen LogP contribution < -0.4 is 5.43 Å². The van der Waals surface area contributed by atoms with Crippen molar-refractivity contribution in [1.82, 2.24) is 5.43 Å². The van der Waals surface area contributed by atoms with Gasteiger partial charge >= 0.3 is 0 Å². The SMILES string of the molecule is Cc1c(C=NNC(=O)Cc2ccc([N+](=O)[O-])cc2)cccc1[N+](=O)[O-]. The van der Waals surface area contributed by atoms with E-state index in [1.165, 1.54) is 42.6 Å². The van der Waals surface area contributed by atoms with Gasteiger partial charge in [-0.3, -0.25) is 25.0 Å². The summed E-state index contributed by atoms with van der Waals surface area (Å²) in [5, 5.41) is 25.2. The van der Waals surface area contributed by atoms with Gasteiger partial charge in [0, 0.05) is 29.3 Å². The number of nitro benzene ring substituents is 2. The van der Waals surface area contributed by atoms with E-state index in [1.54, 1.807) is 13.0 Å². The van der Waals surface area contributed by atoms with Gasteiger partial charge in [0.25, 0.3) is 11.4 Å². The first kappa shape index (κ1) is 17.7. The zero-order chi connectivity index (χ0) is 18.4. The minimum absolute atomic E-state index is 0.00323. The number of hydrazone groups is 1. The van der Waals surface area contributed by atoms with Gasteiger partial charge < -0.3 is 0 Å². The topological polar surface area (TPSA) is 128 Å². The van der Waals surface area contributed by atoms with E-state index in [2.05, 4.69) is 10.5 Å². The molecule has 0 saturated heterocycles. The van der Waals surface area contributed by atoms with Gasteiger partial charge in [0.1, 0.15) is 0 Å². The van der Waals surface area contributed by atoms with E-state index < -0.39 is 15.8 Å². The molecule has 0 fully saturated rings. The number of benzene rings is 2. The van der Waals surface area contributed by atoms with Crippen molar-refractivity contribution in [3.8, 4) is 0 Å². The summed E-state index contributed by atoms with van der Waals surface area (Å²) in [5.74, 6) is -0.409. The van der Waals surface area contributed by atoms with Crippen LogP contribution in [0.3, 0.4) is 0 Å². The minimum atomic E-state index is -0.518. The van der Waals surface area contributed by atoms with Crippen LogP contribution in [0.1, 0.15) is 16.7 Å². The zero-order valence-corrected chi connectivity index (χ0v) is 13.2. The molecule has 0 aliphatic carbocycles. The fourth-order valence-corrected chi connectivity index (χ4v) is 2.11. The Morgan fingerprint density at radius 3 is 2.40 bits per heavy atom. The quantitative estimate of drug-likeness (QED) is 0.490. The largest absolute Gasteiger partial charge is 0.273 e. The maximum atomic E-state index is 11.8. The molecule has 0 heterocycles. The number of nitrogens with one attached hydrogen (secondary N) is 1. The number of amides is 1. The molecule has 0 aliphatic rings. The first-order valence-corrected chi connectivity index (χ1v) is 7.17. The molecule has 2 aromatic rings. The molecule has 2 aromatic carbocycles. The van der Waals surface area contributed by atoms with Crippen LogP contribution in [0.2, 0.25) is 0 Å². The molecule has 0 saturated carbocycles. The highest BCUT2D eigenvalue weighted by Gasteiger charge is 2.12. The van der Waals surface area contributed by atoms with Gasteiger partial charge in [-0.25, -0.2) is 5.43 Å². The molecule has 9 nitrogen and oxygen atoms in total. The van der Waals surface area contributed by atoms with E-state index in [1.807, 2.05) is 0 Å². The third-order valence-electron chi connectivity index (χ3n) is 3.45. The van der Waals surface area contributed by atoms with Crippen LogP contribution in [0.4, 0.5) is 11.4 Å². The van der Waals surface area contributed by atoms with Crippen LogP contribution in [0.25, 0.3) is 0 Å². The van der Waals surface area contributed by atoms with Gasteiger partial charge in [-0.1, -0.05) is 24.3 Å². The molecule has 0 atom stereocenters. The lowest BCUT2D eigenvalue weighted by Crippen LogP contribution is -2.19. The van der Waals surface area contributed by atoms with E-state index >= 15 is 0 Å². The summed E-state index contributed by atoms with van der Waals surface area (Å²) in [5.41, 5.74) is 3.81. The molecule has 2 rings (SSSR count). The van der Waals surface area contributed by atoms with E-state index in [-0.39, 0.29) is 17.8 Å². The first-order chi connectivity index (χ1) is 11.9. The maximum Gasteiger partial charge on any atom is 0.272 e. The number of carbonyl (C=O) groups excluding carboxylic acids is 1. The molecule has 0 aliphatic heterocycles. The van der Waals surface area contributed by atoms with Crippen molar-refractivity contribution in [1.29, 1.82) is 0 Å². The maximum absolute atomic E-state index is 11.8. The van der Waals surface area contributed by atoms with Crippen molar-refractivity contribution in [2.45, 2.75) is 13.3 Å². The fraction of sp³-hybridized carbons (Fsp3) is 0.125. The van der Waals surface area contributed by atoms with Crippen molar-refractivity contribution in [2.75, 3.05) is 0 Å². The molecule has 0 spiro atoms. The number of non-ortho nitro benzene ring substituents is 1. The van der Waals surface area contributed by atoms with E-state index in [0.29, 0.717) is 16.7 Å². The highest BCUT2D eigenvalue weighted by atomic mass is 16.6. The number of hydrogen-bond acceptors (Lipinski definition) is 6. The summed E-state index contributed by atoms with van der Waals surface area (Å²) in [6, 6.07) is 10.2. The minimum Gasteiger partial charge on any atom is -0.273 e. The average Bonchev–Trinajstić information content (AvgIpc) is 2.56. The van der Waals surface area contributed by atoms with Crippen LogP contribution in [0, 0.1) is 27.2 Å². The van der Waals surface area contributed by atoms with Gasteiger partial charge in [-0.05, 0) is 12.5 Å². The average molecular weight is 342 g/mol. The normalized spacial score (nSPS) is 10.6. The van der Waals surface area contributed by atoms with Crippen LogP contribution >= 0.6 is 0 Å². The molecule has 0 aromatic heterocycles. The van der Waals surface area contributed by atoms with Crippen LogP contribution in [-0.2, 0) is 11.2 Å². The molecule has 1 N–H and O–H groups in total. The summed E-state index contributed by atoms with van der Waals surface area (Å²) >= 11 is 0. The second kappa shape index (κ2) is 7.77. The van der Waals surface area contributed by atoms with Gasteiger partial charge in [0.05, 0.1) is 22.5 Å². The Hall–Kier alpha value is -3.62. The summed E-state index contributed by atoms with van der Waals surface area (Å²) in [7, 11) is 0. The van der Waals surface area contributed by atoms with E-state index in [9.17, 15) is 25.0 Å². The Morgan fingerprint density at radius 2 is 1.80 bits per heavy atom. The predicted molar refractivity (Wildman–Crippen MR) is 90.4 cm³/mol. The van der Waals surface area contributed by atoms with Crippen LogP contribution in [0.5, 0.6) is 0 Å². The Labute approximate surface area is 142 Å². The number of nitro groups is 2. The molecule has 25 heavy (non-hydrogen) atoms. The number of nitrogens with zero attached hydrogens (tertiary/aromatic N) is 3. The lowest BCUT2D eigenvalue weighted by atomic mass is 10.1. The Balaban J connectivity index is 1.98. The second-order valence-corrected chi connectivity index (χ2v) is 5.14. The van der Waals surface area contributed by atoms with Crippen LogP contribution in [0.15, 0.2) is 47.6 Å². The Kier molecular flexibility index (Phi) is 5.51. The smallest absolute Gasteiger partial charge is 0.272 e. The van der Waals surface area contributed by atoms with Gasteiger partial charge in [-0.15, -0.1) is 0 Å². The van der Waals surface area contributed by atoms with Crippen molar-refractivity contribution in [2.24, 2.45) is 5.10 Å². The highest BCUT2D eigenvalue weighted by Crippen LogP contribution is 2.19. The monoisotopic (exact) mass is 342 g/mol. The standard InChI is InChI=1S/C16H14N4O5/c1-11-13(3-2-4-15(11)20(24)25)10-17-18-16(21)9-12-5-7-14(8-6-12)19(22)23/h2-8,10H,9H2,1H3,(H,18,21). The van der Waals surface area contributed by atoms with Crippen molar-refractivity contribution >= 4 is 23.5 Å². The lowest BCUT2D eigenvalue weighted by Gasteiger charge is -2.02. The van der Waals surface area contributed by atoms with Gasteiger partial charge in [0.2, 0.25) is 5.91 Å². The second-order valence-electron chi connectivity index (χ2n) is 5.14. The molecule has 0 bridgehead atoms. The van der Waals surface area contributed by atoms with Gasteiger partial charge in [0.15, 0.2) is 0 Å². The lowest BCUT2D eigenvalue weighted by molar-refractivity contribution is -0.385. The third kappa shape index (κ3) is 4.67. The van der Waals surface area contributed by atoms with Crippen LogP contribution in [-0.4, -0.2) is 22.0 Å². The molecule has 128 valence electrons. The molecular weight excluding hydrogens is 328 g/mol. The van der Waals surface area contributed by atoms with Crippen molar-refractivity contribution in [3.05, 3.63) is 79.4 Å².